The van der Waals surface area contributed by atoms with Crippen molar-refractivity contribution in [3.05, 3.63) is 23.9 Å². The molecule has 0 aromatic carbocycles. The molecular formula is C12H14N2O3S. The SMILES string of the molecule is CC(Sc1ccc(C(=O)O)cn1)C(=O)NC1CC1. The lowest BCUT2D eigenvalue weighted by Crippen LogP contribution is -2.32. The quantitative estimate of drug-likeness (QED) is 0.790. The number of rotatable bonds is 5. The molecule has 0 aliphatic heterocycles. The Bertz CT molecular complexity index is 457. The summed E-state index contributed by atoms with van der Waals surface area (Å²) in [7, 11) is 0. The molecule has 0 bridgehead atoms. The molecule has 6 heteroatoms. The van der Waals surface area contributed by atoms with Gasteiger partial charge in [-0.2, -0.15) is 0 Å². The van der Waals surface area contributed by atoms with E-state index in [-0.39, 0.29) is 16.7 Å². The Morgan fingerprint density at radius 3 is 2.72 bits per heavy atom. The predicted molar refractivity (Wildman–Crippen MR) is 67.7 cm³/mol. The lowest BCUT2D eigenvalue weighted by atomic mass is 10.3. The number of hydrogen-bond donors (Lipinski definition) is 2. The van der Waals surface area contributed by atoms with E-state index in [1.54, 1.807) is 6.07 Å². The van der Waals surface area contributed by atoms with Crippen molar-refractivity contribution in [1.29, 1.82) is 0 Å². The van der Waals surface area contributed by atoms with Crippen LogP contribution in [-0.4, -0.2) is 33.3 Å². The van der Waals surface area contributed by atoms with Crippen molar-refractivity contribution < 1.29 is 14.7 Å². The van der Waals surface area contributed by atoms with Crippen molar-refractivity contribution in [2.45, 2.75) is 36.1 Å². The average molecular weight is 266 g/mol. The number of aromatic carboxylic acids is 1. The first kappa shape index (κ1) is 12.9. The lowest BCUT2D eigenvalue weighted by Gasteiger charge is -2.10. The van der Waals surface area contributed by atoms with Gasteiger partial charge in [-0.3, -0.25) is 4.79 Å². The highest BCUT2D eigenvalue weighted by Gasteiger charge is 2.26. The van der Waals surface area contributed by atoms with Crippen molar-refractivity contribution in [2.24, 2.45) is 0 Å². The Morgan fingerprint density at radius 2 is 2.22 bits per heavy atom. The minimum absolute atomic E-state index is 0.00612. The van der Waals surface area contributed by atoms with Crippen molar-refractivity contribution >= 4 is 23.6 Å². The molecule has 1 atom stereocenters. The van der Waals surface area contributed by atoms with Crippen LogP contribution >= 0.6 is 11.8 Å². The fourth-order valence-corrected chi connectivity index (χ4v) is 2.15. The van der Waals surface area contributed by atoms with Gasteiger partial charge in [-0.25, -0.2) is 9.78 Å². The molecule has 1 aliphatic carbocycles. The molecule has 0 radical (unpaired) electrons. The van der Waals surface area contributed by atoms with E-state index in [4.69, 9.17) is 5.11 Å². The third-order valence-corrected chi connectivity index (χ3v) is 3.62. The van der Waals surface area contributed by atoms with Crippen molar-refractivity contribution in [3.8, 4) is 0 Å². The molecule has 1 amide bonds. The predicted octanol–water partition coefficient (Wildman–Crippen LogP) is 1.54. The maximum Gasteiger partial charge on any atom is 0.337 e. The number of carbonyl (C=O) groups excluding carboxylic acids is 1. The Kier molecular flexibility index (Phi) is 3.86. The highest BCUT2D eigenvalue weighted by Crippen LogP contribution is 2.24. The molecule has 1 aromatic heterocycles. The first-order chi connectivity index (χ1) is 8.56. The Balaban J connectivity index is 1.91. The molecule has 1 fully saturated rings. The van der Waals surface area contributed by atoms with Gasteiger partial charge in [-0.15, -0.1) is 0 Å². The fourth-order valence-electron chi connectivity index (χ4n) is 1.36. The summed E-state index contributed by atoms with van der Waals surface area (Å²) >= 11 is 1.33. The van der Waals surface area contributed by atoms with Crippen LogP contribution in [0.5, 0.6) is 0 Å². The molecule has 1 aromatic rings. The molecule has 2 rings (SSSR count). The highest BCUT2D eigenvalue weighted by atomic mass is 32.2. The van der Waals surface area contributed by atoms with Gasteiger partial charge in [0.15, 0.2) is 0 Å². The number of aromatic nitrogens is 1. The zero-order valence-electron chi connectivity index (χ0n) is 9.92. The van der Waals surface area contributed by atoms with Gasteiger partial charge in [-0.1, -0.05) is 11.8 Å². The Morgan fingerprint density at radius 1 is 1.50 bits per heavy atom. The second kappa shape index (κ2) is 5.39. The van der Waals surface area contributed by atoms with Gasteiger partial charge in [0, 0.05) is 12.2 Å². The highest BCUT2D eigenvalue weighted by molar-refractivity contribution is 8.00. The maximum absolute atomic E-state index is 11.7. The Labute approximate surface area is 109 Å². The number of thioether (sulfide) groups is 1. The van der Waals surface area contributed by atoms with Crippen LogP contribution in [-0.2, 0) is 4.79 Å². The molecule has 0 spiro atoms. The minimum atomic E-state index is -1.00. The smallest absolute Gasteiger partial charge is 0.337 e. The van der Waals surface area contributed by atoms with E-state index in [2.05, 4.69) is 10.3 Å². The zero-order valence-corrected chi connectivity index (χ0v) is 10.7. The van der Waals surface area contributed by atoms with Gasteiger partial charge >= 0.3 is 5.97 Å². The first-order valence-corrected chi connectivity index (χ1v) is 6.60. The van der Waals surface area contributed by atoms with E-state index in [1.807, 2.05) is 6.92 Å². The third-order valence-electron chi connectivity index (χ3n) is 2.57. The van der Waals surface area contributed by atoms with Crippen LogP contribution in [0.15, 0.2) is 23.4 Å². The van der Waals surface area contributed by atoms with Crippen LogP contribution in [0.25, 0.3) is 0 Å². The van der Waals surface area contributed by atoms with Gasteiger partial charge in [0.05, 0.1) is 15.8 Å². The summed E-state index contributed by atoms with van der Waals surface area (Å²) in [5.74, 6) is -0.995. The monoisotopic (exact) mass is 266 g/mol. The first-order valence-electron chi connectivity index (χ1n) is 5.72. The second-order valence-corrected chi connectivity index (χ2v) is 5.59. The van der Waals surface area contributed by atoms with Gasteiger partial charge in [0.25, 0.3) is 0 Å². The summed E-state index contributed by atoms with van der Waals surface area (Å²) in [4.78, 5) is 26.4. The van der Waals surface area contributed by atoms with E-state index in [0.717, 1.165) is 12.8 Å². The number of pyridine rings is 1. The number of carboxylic acid groups (broad SMARTS) is 1. The van der Waals surface area contributed by atoms with Gasteiger partial charge < -0.3 is 10.4 Å². The van der Waals surface area contributed by atoms with Crippen LogP contribution in [0.4, 0.5) is 0 Å². The average Bonchev–Trinajstić information content (AvgIpc) is 3.13. The molecule has 1 aliphatic rings. The molecule has 5 nitrogen and oxygen atoms in total. The summed E-state index contributed by atoms with van der Waals surface area (Å²) in [6.45, 7) is 1.81. The van der Waals surface area contributed by atoms with Gasteiger partial charge in [0.2, 0.25) is 5.91 Å². The number of nitrogens with zero attached hydrogens (tertiary/aromatic N) is 1. The van der Waals surface area contributed by atoms with E-state index in [1.165, 1.54) is 24.0 Å². The lowest BCUT2D eigenvalue weighted by molar-refractivity contribution is -0.120. The second-order valence-electron chi connectivity index (χ2n) is 4.23. The van der Waals surface area contributed by atoms with Crippen LogP contribution in [0.1, 0.15) is 30.1 Å². The van der Waals surface area contributed by atoms with Gasteiger partial charge in [-0.05, 0) is 31.9 Å². The summed E-state index contributed by atoms with van der Waals surface area (Å²) in [5, 5.41) is 12.1. The number of amides is 1. The number of nitrogens with one attached hydrogen (secondary N) is 1. The van der Waals surface area contributed by atoms with Crippen LogP contribution < -0.4 is 5.32 Å². The summed E-state index contributed by atoms with van der Waals surface area (Å²) in [5.41, 5.74) is 0.148. The summed E-state index contributed by atoms with van der Waals surface area (Å²) < 4.78 is 0. The zero-order chi connectivity index (χ0) is 13.1. The number of hydrogen-bond acceptors (Lipinski definition) is 4. The van der Waals surface area contributed by atoms with Gasteiger partial charge in [0.1, 0.15) is 0 Å². The Hall–Kier alpha value is -1.56. The molecule has 18 heavy (non-hydrogen) atoms. The molecule has 2 N–H and O–H groups in total. The van der Waals surface area contributed by atoms with E-state index in [0.29, 0.717) is 11.1 Å². The van der Waals surface area contributed by atoms with Crippen molar-refractivity contribution in [1.82, 2.24) is 10.3 Å². The molecular weight excluding hydrogens is 252 g/mol. The number of carbonyl (C=O) groups is 2. The van der Waals surface area contributed by atoms with E-state index >= 15 is 0 Å². The summed E-state index contributed by atoms with van der Waals surface area (Å²) in [6.07, 6.45) is 3.43. The van der Waals surface area contributed by atoms with Crippen LogP contribution in [0.3, 0.4) is 0 Å². The third kappa shape index (κ3) is 3.46. The van der Waals surface area contributed by atoms with Crippen LogP contribution in [0.2, 0.25) is 0 Å². The molecule has 1 saturated carbocycles. The molecule has 1 heterocycles. The summed E-state index contributed by atoms with van der Waals surface area (Å²) in [6, 6.07) is 3.46. The minimum Gasteiger partial charge on any atom is -0.478 e. The van der Waals surface area contributed by atoms with Crippen LogP contribution in [0, 0.1) is 0 Å². The van der Waals surface area contributed by atoms with E-state index in [9.17, 15) is 9.59 Å². The van der Waals surface area contributed by atoms with Crippen molar-refractivity contribution in [3.63, 3.8) is 0 Å². The van der Waals surface area contributed by atoms with Crippen molar-refractivity contribution in [2.75, 3.05) is 0 Å². The molecule has 96 valence electrons. The molecule has 1 unspecified atom stereocenters. The standard InChI is InChI=1S/C12H14N2O3S/c1-7(11(15)14-9-3-4-9)18-10-5-2-8(6-13-10)12(16)17/h2,5-7,9H,3-4H2,1H3,(H,14,15)(H,16,17). The largest absolute Gasteiger partial charge is 0.478 e. The van der Waals surface area contributed by atoms with E-state index < -0.39 is 5.97 Å². The fraction of sp³-hybridized carbons (Fsp3) is 0.417. The topological polar surface area (TPSA) is 79.3 Å². The normalized spacial score (nSPS) is 16.1. The number of carboxylic acids is 1. The maximum atomic E-state index is 11.7. The molecule has 0 saturated heterocycles.